The Morgan fingerprint density at radius 2 is 1.87 bits per heavy atom. The van der Waals surface area contributed by atoms with Crippen LogP contribution in [-0.4, -0.2) is 43.0 Å². The highest BCUT2D eigenvalue weighted by Gasteiger charge is 2.15. The van der Waals surface area contributed by atoms with Crippen LogP contribution in [0.15, 0.2) is 47.6 Å². The van der Waals surface area contributed by atoms with Crippen molar-refractivity contribution >= 4 is 11.6 Å². The van der Waals surface area contributed by atoms with Gasteiger partial charge in [0, 0.05) is 18.7 Å². The standard InChI is InChI=1S/C23H27N3O4/c1-17(18-8-9-21-22(12-18)29-16-28-21)25-30-15-23(27)24-13-19-6-2-3-7-20(19)14-26-10-4-5-11-26/h2-3,6-9,12H,4-5,10-11,13-16H2,1H3,(H,24,27)/b25-17-. The Hall–Kier alpha value is -3.06. The van der Waals surface area contributed by atoms with Crippen molar-refractivity contribution < 1.29 is 19.1 Å². The molecule has 4 rings (SSSR count). The Labute approximate surface area is 176 Å². The molecule has 7 nitrogen and oxygen atoms in total. The number of fused-ring (bicyclic) bond motifs is 1. The van der Waals surface area contributed by atoms with Gasteiger partial charge in [-0.1, -0.05) is 29.4 Å². The summed E-state index contributed by atoms with van der Waals surface area (Å²) in [4.78, 5) is 19.9. The van der Waals surface area contributed by atoms with E-state index >= 15 is 0 Å². The Morgan fingerprint density at radius 1 is 1.10 bits per heavy atom. The second-order valence-electron chi connectivity index (χ2n) is 7.55. The maximum Gasteiger partial charge on any atom is 0.261 e. The average molecular weight is 409 g/mol. The second kappa shape index (κ2) is 9.63. The number of benzene rings is 2. The van der Waals surface area contributed by atoms with E-state index in [0.29, 0.717) is 18.0 Å². The molecule has 2 aliphatic rings. The summed E-state index contributed by atoms with van der Waals surface area (Å²) in [5.41, 5.74) is 3.92. The number of ether oxygens (including phenoxy) is 2. The summed E-state index contributed by atoms with van der Waals surface area (Å²) in [7, 11) is 0. The van der Waals surface area contributed by atoms with Crippen LogP contribution in [0.4, 0.5) is 0 Å². The molecule has 7 heteroatoms. The van der Waals surface area contributed by atoms with Crippen molar-refractivity contribution in [3.63, 3.8) is 0 Å². The third-order valence-corrected chi connectivity index (χ3v) is 5.37. The highest BCUT2D eigenvalue weighted by Crippen LogP contribution is 2.32. The van der Waals surface area contributed by atoms with E-state index in [-0.39, 0.29) is 19.3 Å². The van der Waals surface area contributed by atoms with E-state index in [1.807, 2.05) is 37.3 Å². The molecule has 30 heavy (non-hydrogen) atoms. The first-order valence-corrected chi connectivity index (χ1v) is 10.3. The van der Waals surface area contributed by atoms with Gasteiger partial charge in [0.2, 0.25) is 6.79 Å². The number of carbonyl (C=O) groups is 1. The third-order valence-electron chi connectivity index (χ3n) is 5.37. The minimum atomic E-state index is -0.201. The van der Waals surface area contributed by atoms with Crippen LogP contribution < -0.4 is 14.8 Å². The molecule has 0 bridgehead atoms. The van der Waals surface area contributed by atoms with E-state index in [1.54, 1.807) is 0 Å². The predicted octanol–water partition coefficient (Wildman–Crippen LogP) is 3.07. The minimum Gasteiger partial charge on any atom is -0.454 e. The molecule has 0 atom stereocenters. The monoisotopic (exact) mass is 409 g/mol. The number of carbonyl (C=O) groups excluding carboxylic acids is 1. The first-order valence-electron chi connectivity index (χ1n) is 10.3. The third kappa shape index (κ3) is 5.10. The Bertz CT molecular complexity index is 922. The number of hydrogen-bond donors (Lipinski definition) is 1. The van der Waals surface area contributed by atoms with Gasteiger partial charge in [-0.3, -0.25) is 9.69 Å². The van der Waals surface area contributed by atoms with Crippen LogP contribution in [0.5, 0.6) is 11.5 Å². The van der Waals surface area contributed by atoms with Crippen molar-refractivity contribution in [1.82, 2.24) is 10.2 Å². The van der Waals surface area contributed by atoms with Crippen LogP contribution in [0.2, 0.25) is 0 Å². The molecule has 1 N–H and O–H groups in total. The summed E-state index contributed by atoms with van der Waals surface area (Å²) < 4.78 is 10.7. The summed E-state index contributed by atoms with van der Waals surface area (Å²) >= 11 is 0. The molecule has 0 aliphatic carbocycles. The zero-order valence-corrected chi connectivity index (χ0v) is 17.2. The summed E-state index contributed by atoms with van der Waals surface area (Å²) in [5, 5.41) is 6.98. The molecule has 0 aromatic heterocycles. The SMILES string of the molecule is C/C(=N/OCC(=O)NCc1ccccc1CN1CCCC1)c1ccc2c(c1)OCO2. The van der Waals surface area contributed by atoms with Gasteiger partial charge in [0.25, 0.3) is 5.91 Å². The van der Waals surface area contributed by atoms with Gasteiger partial charge in [-0.2, -0.15) is 0 Å². The number of nitrogens with zero attached hydrogens (tertiary/aromatic N) is 2. The zero-order valence-electron chi connectivity index (χ0n) is 17.2. The van der Waals surface area contributed by atoms with Gasteiger partial charge in [0.1, 0.15) is 0 Å². The minimum absolute atomic E-state index is 0.129. The van der Waals surface area contributed by atoms with Gasteiger partial charge >= 0.3 is 0 Å². The van der Waals surface area contributed by atoms with Gasteiger partial charge in [0.05, 0.1) is 5.71 Å². The van der Waals surface area contributed by atoms with Crippen molar-refractivity contribution in [1.29, 1.82) is 0 Å². The number of rotatable bonds is 8. The van der Waals surface area contributed by atoms with Gasteiger partial charge in [0.15, 0.2) is 18.1 Å². The normalized spacial score (nSPS) is 16.0. The van der Waals surface area contributed by atoms with Gasteiger partial charge < -0.3 is 19.6 Å². The molecule has 1 saturated heterocycles. The van der Waals surface area contributed by atoms with E-state index in [2.05, 4.69) is 27.5 Å². The lowest BCUT2D eigenvalue weighted by atomic mass is 10.1. The number of nitrogens with one attached hydrogen (secondary N) is 1. The van der Waals surface area contributed by atoms with Crippen molar-refractivity contribution in [2.75, 3.05) is 26.5 Å². The molecule has 0 saturated carbocycles. The first-order chi connectivity index (χ1) is 14.7. The van der Waals surface area contributed by atoms with E-state index in [1.165, 1.54) is 18.4 Å². The molecule has 1 amide bonds. The molecule has 0 radical (unpaired) electrons. The molecule has 158 valence electrons. The molecule has 2 aromatic carbocycles. The molecular formula is C23H27N3O4. The number of likely N-dealkylation sites (tertiary alicyclic amines) is 1. The van der Waals surface area contributed by atoms with Crippen LogP contribution in [0, 0.1) is 0 Å². The largest absolute Gasteiger partial charge is 0.454 e. The van der Waals surface area contributed by atoms with Crippen molar-refractivity contribution in [2.24, 2.45) is 5.16 Å². The van der Waals surface area contributed by atoms with Crippen LogP contribution in [0.3, 0.4) is 0 Å². The molecule has 2 heterocycles. The lowest BCUT2D eigenvalue weighted by Crippen LogP contribution is -2.27. The molecule has 1 fully saturated rings. The lowest BCUT2D eigenvalue weighted by Gasteiger charge is -2.17. The second-order valence-corrected chi connectivity index (χ2v) is 7.55. The summed E-state index contributed by atoms with van der Waals surface area (Å²) in [6.07, 6.45) is 2.53. The summed E-state index contributed by atoms with van der Waals surface area (Å²) in [5.74, 6) is 1.21. The Kier molecular flexibility index (Phi) is 6.49. The van der Waals surface area contributed by atoms with E-state index in [4.69, 9.17) is 14.3 Å². The van der Waals surface area contributed by atoms with Crippen molar-refractivity contribution in [2.45, 2.75) is 32.9 Å². The number of hydrogen-bond acceptors (Lipinski definition) is 6. The maximum absolute atomic E-state index is 12.2. The molecule has 2 aromatic rings. The van der Waals surface area contributed by atoms with Gasteiger partial charge in [-0.15, -0.1) is 0 Å². The smallest absolute Gasteiger partial charge is 0.261 e. The van der Waals surface area contributed by atoms with Crippen LogP contribution >= 0.6 is 0 Å². The fourth-order valence-corrected chi connectivity index (χ4v) is 3.67. The highest BCUT2D eigenvalue weighted by atomic mass is 16.7. The van der Waals surface area contributed by atoms with Gasteiger partial charge in [-0.25, -0.2) is 0 Å². The van der Waals surface area contributed by atoms with Crippen LogP contribution in [-0.2, 0) is 22.7 Å². The molecule has 2 aliphatic heterocycles. The molecule has 0 spiro atoms. The Balaban J connectivity index is 1.26. The fourth-order valence-electron chi connectivity index (χ4n) is 3.67. The summed E-state index contributed by atoms with van der Waals surface area (Å²) in [6, 6.07) is 13.8. The highest BCUT2D eigenvalue weighted by molar-refractivity contribution is 5.99. The Morgan fingerprint density at radius 3 is 2.70 bits per heavy atom. The lowest BCUT2D eigenvalue weighted by molar-refractivity contribution is -0.125. The summed E-state index contributed by atoms with van der Waals surface area (Å²) in [6.45, 7) is 5.64. The predicted molar refractivity (Wildman–Crippen MR) is 114 cm³/mol. The van der Waals surface area contributed by atoms with E-state index < -0.39 is 0 Å². The van der Waals surface area contributed by atoms with Crippen LogP contribution in [0.1, 0.15) is 36.5 Å². The number of amides is 1. The fraction of sp³-hybridized carbons (Fsp3) is 0.391. The van der Waals surface area contributed by atoms with Crippen LogP contribution in [0.25, 0.3) is 0 Å². The number of oxime groups is 1. The zero-order chi connectivity index (χ0) is 20.8. The van der Waals surface area contributed by atoms with Gasteiger partial charge in [-0.05, 0) is 62.2 Å². The quantitative estimate of drug-likeness (QED) is 0.536. The molecular weight excluding hydrogens is 382 g/mol. The maximum atomic E-state index is 12.2. The molecule has 0 unspecified atom stereocenters. The van der Waals surface area contributed by atoms with E-state index in [0.717, 1.165) is 36.5 Å². The van der Waals surface area contributed by atoms with Crippen molar-refractivity contribution in [3.8, 4) is 11.5 Å². The van der Waals surface area contributed by atoms with E-state index in [9.17, 15) is 4.79 Å². The average Bonchev–Trinajstić information content (AvgIpc) is 3.44. The first kappa shape index (κ1) is 20.2. The van der Waals surface area contributed by atoms with Crippen molar-refractivity contribution in [3.05, 3.63) is 59.2 Å². The topological polar surface area (TPSA) is 72.4 Å².